The van der Waals surface area contributed by atoms with Gasteiger partial charge >= 0.3 is 0 Å². The van der Waals surface area contributed by atoms with Crippen LogP contribution in [0.3, 0.4) is 0 Å². The predicted octanol–water partition coefficient (Wildman–Crippen LogP) is 2.78. The first kappa shape index (κ1) is 13.4. The molecule has 4 nitrogen and oxygen atoms in total. The van der Waals surface area contributed by atoms with Crippen LogP contribution in [0.1, 0.15) is 43.1 Å². The van der Waals surface area contributed by atoms with E-state index in [1.807, 2.05) is 17.0 Å². The fourth-order valence-corrected chi connectivity index (χ4v) is 2.49. The van der Waals surface area contributed by atoms with Crippen LogP contribution in [0, 0.1) is 11.8 Å². The molecule has 2 aliphatic rings. The van der Waals surface area contributed by atoms with E-state index in [1.165, 1.54) is 25.7 Å². The third-order valence-electron chi connectivity index (χ3n) is 4.00. The molecular weight excluding hydrogens is 250 g/mol. The van der Waals surface area contributed by atoms with Crippen molar-refractivity contribution in [3.63, 3.8) is 0 Å². The number of nitrogens with one attached hydrogen (secondary N) is 1. The van der Waals surface area contributed by atoms with Gasteiger partial charge in [0.2, 0.25) is 0 Å². The van der Waals surface area contributed by atoms with Crippen LogP contribution >= 0.6 is 0 Å². The molecule has 1 aromatic heterocycles. The number of pyridine rings is 1. The number of anilines is 1. The van der Waals surface area contributed by atoms with Crippen molar-refractivity contribution < 1.29 is 4.79 Å². The van der Waals surface area contributed by atoms with E-state index in [1.54, 1.807) is 6.20 Å². The van der Waals surface area contributed by atoms with E-state index in [9.17, 15) is 4.79 Å². The summed E-state index contributed by atoms with van der Waals surface area (Å²) < 4.78 is 0. The van der Waals surface area contributed by atoms with E-state index in [0.717, 1.165) is 37.2 Å². The molecule has 1 amide bonds. The number of amides is 1. The van der Waals surface area contributed by atoms with Gasteiger partial charge in [-0.25, -0.2) is 0 Å². The molecular formula is C16H23N3O. The number of carbonyl (C=O) groups is 1. The Hall–Kier alpha value is -1.58. The zero-order valence-corrected chi connectivity index (χ0v) is 12.1. The quantitative estimate of drug-likeness (QED) is 0.831. The molecule has 108 valence electrons. The Kier molecular flexibility index (Phi) is 3.90. The van der Waals surface area contributed by atoms with Crippen LogP contribution in [0.4, 0.5) is 5.69 Å². The Labute approximate surface area is 120 Å². The molecule has 0 bridgehead atoms. The molecule has 20 heavy (non-hydrogen) atoms. The van der Waals surface area contributed by atoms with Crippen molar-refractivity contribution in [3.05, 3.63) is 24.0 Å². The van der Waals surface area contributed by atoms with Gasteiger partial charge in [-0.1, -0.05) is 0 Å². The maximum atomic E-state index is 12.7. The minimum atomic E-state index is 0.101. The highest BCUT2D eigenvalue weighted by Crippen LogP contribution is 2.34. The summed E-state index contributed by atoms with van der Waals surface area (Å²) in [7, 11) is 0. The molecule has 2 aliphatic carbocycles. The van der Waals surface area contributed by atoms with Crippen molar-refractivity contribution in [2.75, 3.05) is 25.0 Å². The molecule has 1 N–H and O–H groups in total. The van der Waals surface area contributed by atoms with E-state index in [-0.39, 0.29) is 5.91 Å². The highest BCUT2D eigenvalue weighted by Gasteiger charge is 2.32. The molecule has 0 spiro atoms. The maximum absolute atomic E-state index is 12.7. The molecule has 0 aromatic carbocycles. The summed E-state index contributed by atoms with van der Waals surface area (Å²) in [5, 5.41) is 3.24. The van der Waals surface area contributed by atoms with Crippen molar-refractivity contribution in [1.29, 1.82) is 0 Å². The Bertz CT molecular complexity index is 466. The lowest BCUT2D eigenvalue weighted by Crippen LogP contribution is -2.35. The standard InChI is InChI=1S/C16H23N3O/c1-2-17-14-7-8-18-15(9-14)16(20)19(10-12-3-4-12)11-13-5-6-13/h7-9,12-13H,2-6,10-11H2,1H3,(H,17,18). The van der Waals surface area contributed by atoms with Crippen molar-refractivity contribution in [2.24, 2.45) is 11.8 Å². The number of aromatic nitrogens is 1. The summed E-state index contributed by atoms with van der Waals surface area (Å²) >= 11 is 0. The minimum Gasteiger partial charge on any atom is -0.385 e. The zero-order valence-electron chi connectivity index (χ0n) is 12.1. The normalized spacial score (nSPS) is 17.9. The van der Waals surface area contributed by atoms with Gasteiger partial charge in [0.1, 0.15) is 5.69 Å². The topological polar surface area (TPSA) is 45.2 Å². The van der Waals surface area contributed by atoms with Gasteiger partial charge in [-0.3, -0.25) is 9.78 Å². The summed E-state index contributed by atoms with van der Waals surface area (Å²) in [6.07, 6.45) is 6.83. The van der Waals surface area contributed by atoms with E-state index >= 15 is 0 Å². The van der Waals surface area contributed by atoms with Gasteiger partial charge in [0.05, 0.1) is 0 Å². The van der Waals surface area contributed by atoms with E-state index < -0.39 is 0 Å². The molecule has 0 radical (unpaired) electrons. The third kappa shape index (κ3) is 3.50. The van der Waals surface area contributed by atoms with Crippen LogP contribution < -0.4 is 5.32 Å². The van der Waals surface area contributed by atoms with Crippen molar-refractivity contribution in [3.8, 4) is 0 Å². The first-order chi connectivity index (χ1) is 9.76. The highest BCUT2D eigenvalue weighted by molar-refractivity contribution is 5.93. The number of carbonyl (C=O) groups excluding carboxylic acids is 1. The van der Waals surface area contributed by atoms with Gasteiger partial charge in [-0.05, 0) is 56.6 Å². The fraction of sp³-hybridized carbons (Fsp3) is 0.625. The van der Waals surface area contributed by atoms with Crippen molar-refractivity contribution >= 4 is 11.6 Å². The van der Waals surface area contributed by atoms with Crippen LogP contribution in [0.2, 0.25) is 0 Å². The summed E-state index contributed by atoms with van der Waals surface area (Å²) in [4.78, 5) is 19.0. The number of hydrogen-bond donors (Lipinski definition) is 1. The van der Waals surface area contributed by atoms with Gasteiger partial charge in [0.25, 0.3) is 5.91 Å². The van der Waals surface area contributed by atoms with Gasteiger partial charge in [0.15, 0.2) is 0 Å². The summed E-state index contributed by atoms with van der Waals surface area (Å²) in [5.74, 6) is 1.56. The van der Waals surface area contributed by atoms with E-state index in [4.69, 9.17) is 0 Å². The van der Waals surface area contributed by atoms with Gasteiger partial charge in [-0.2, -0.15) is 0 Å². The van der Waals surface area contributed by atoms with Crippen LogP contribution in [0.5, 0.6) is 0 Å². The van der Waals surface area contributed by atoms with Crippen LogP contribution in [0.15, 0.2) is 18.3 Å². The summed E-state index contributed by atoms with van der Waals surface area (Å²) in [6.45, 7) is 4.74. The zero-order chi connectivity index (χ0) is 13.9. The molecule has 2 fully saturated rings. The van der Waals surface area contributed by atoms with Gasteiger partial charge in [0, 0.05) is 31.5 Å². The molecule has 2 saturated carbocycles. The Morgan fingerprint density at radius 2 is 1.95 bits per heavy atom. The highest BCUT2D eigenvalue weighted by atomic mass is 16.2. The van der Waals surface area contributed by atoms with Crippen LogP contribution in [-0.4, -0.2) is 35.4 Å². The second-order valence-corrected chi connectivity index (χ2v) is 6.06. The Morgan fingerprint density at radius 1 is 1.30 bits per heavy atom. The minimum absolute atomic E-state index is 0.101. The number of nitrogens with zero attached hydrogens (tertiary/aromatic N) is 2. The van der Waals surface area contributed by atoms with Crippen molar-refractivity contribution in [2.45, 2.75) is 32.6 Å². The van der Waals surface area contributed by atoms with Crippen molar-refractivity contribution in [1.82, 2.24) is 9.88 Å². The lowest BCUT2D eigenvalue weighted by atomic mass is 10.2. The predicted molar refractivity (Wildman–Crippen MR) is 79.8 cm³/mol. The lowest BCUT2D eigenvalue weighted by molar-refractivity contribution is 0.0733. The third-order valence-corrected chi connectivity index (χ3v) is 4.00. The van der Waals surface area contributed by atoms with Gasteiger partial charge < -0.3 is 10.2 Å². The molecule has 0 unspecified atom stereocenters. The second-order valence-electron chi connectivity index (χ2n) is 6.06. The first-order valence-electron chi connectivity index (χ1n) is 7.75. The van der Waals surface area contributed by atoms with Crippen LogP contribution in [0.25, 0.3) is 0 Å². The Morgan fingerprint density at radius 3 is 2.50 bits per heavy atom. The Balaban J connectivity index is 1.71. The summed E-state index contributed by atoms with van der Waals surface area (Å²) in [6, 6.07) is 3.78. The average Bonchev–Trinajstić information content (AvgIpc) is 3.33. The SMILES string of the molecule is CCNc1ccnc(C(=O)N(CC2CC2)CC2CC2)c1. The number of hydrogen-bond acceptors (Lipinski definition) is 3. The fourth-order valence-electron chi connectivity index (χ4n) is 2.49. The molecule has 1 heterocycles. The van der Waals surface area contributed by atoms with Gasteiger partial charge in [-0.15, -0.1) is 0 Å². The molecule has 4 heteroatoms. The monoisotopic (exact) mass is 273 g/mol. The lowest BCUT2D eigenvalue weighted by Gasteiger charge is -2.22. The largest absolute Gasteiger partial charge is 0.385 e. The first-order valence-corrected chi connectivity index (χ1v) is 7.75. The average molecular weight is 273 g/mol. The smallest absolute Gasteiger partial charge is 0.272 e. The molecule has 0 saturated heterocycles. The second kappa shape index (κ2) is 5.81. The molecule has 0 aliphatic heterocycles. The van der Waals surface area contributed by atoms with Crippen LogP contribution in [-0.2, 0) is 0 Å². The van der Waals surface area contributed by atoms with E-state index in [0.29, 0.717) is 5.69 Å². The molecule has 3 rings (SSSR count). The summed E-state index contributed by atoms with van der Waals surface area (Å²) in [5.41, 5.74) is 1.55. The molecule has 1 aromatic rings. The number of rotatable bonds is 7. The van der Waals surface area contributed by atoms with E-state index in [2.05, 4.69) is 17.2 Å². The molecule has 0 atom stereocenters. The maximum Gasteiger partial charge on any atom is 0.272 e.